The minimum atomic E-state index is -0.758. The van der Waals surface area contributed by atoms with Gasteiger partial charge in [0.25, 0.3) is 0 Å². The average Bonchev–Trinajstić information content (AvgIpc) is 2.48. The van der Waals surface area contributed by atoms with Gasteiger partial charge in [-0.2, -0.15) is 0 Å². The van der Waals surface area contributed by atoms with Gasteiger partial charge >= 0.3 is 17.2 Å². The number of hydrogen-bond acceptors (Lipinski definition) is 6. The predicted molar refractivity (Wildman–Crippen MR) is 81.6 cm³/mol. The summed E-state index contributed by atoms with van der Waals surface area (Å²) in [5.74, 6) is -1.24. The number of carbonyl (C=O) groups is 1. The molecule has 0 radical (unpaired) electrons. The van der Waals surface area contributed by atoms with Crippen LogP contribution in [0.2, 0.25) is 0 Å². The molecule has 0 spiro atoms. The van der Waals surface area contributed by atoms with Crippen LogP contribution in [-0.2, 0) is 18.4 Å². The molecular formula is C14H16N4O4. The topological polar surface area (TPSA) is 122 Å². The highest BCUT2D eigenvalue weighted by molar-refractivity contribution is 5.71. The van der Waals surface area contributed by atoms with Crippen LogP contribution in [0.1, 0.15) is 12.5 Å². The molecule has 8 heteroatoms. The SMILES string of the molecule is CC(=O)Oc1c(N)n(Cc2ccc(N)cc2)c(=O)n(C)c1=O. The highest BCUT2D eigenvalue weighted by Crippen LogP contribution is 2.16. The predicted octanol–water partition coefficient (Wildman–Crippen LogP) is -0.315. The highest BCUT2D eigenvalue weighted by Gasteiger charge is 2.18. The van der Waals surface area contributed by atoms with E-state index in [1.165, 1.54) is 7.05 Å². The van der Waals surface area contributed by atoms with Gasteiger partial charge in [0, 0.05) is 19.7 Å². The third-order valence-corrected chi connectivity index (χ3v) is 3.11. The number of ether oxygens (including phenoxy) is 1. The third-order valence-electron chi connectivity index (χ3n) is 3.11. The van der Waals surface area contributed by atoms with Gasteiger partial charge in [-0.05, 0) is 17.7 Å². The summed E-state index contributed by atoms with van der Waals surface area (Å²) in [7, 11) is 1.29. The molecule has 0 saturated carbocycles. The number of nitrogens with two attached hydrogens (primary N) is 2. The smallest absolute Gasteiger partial charge is 0.332 e. The van der Waals surface area contributed by atoms with E-state index in [0.29, 0.717) is 5.69 Å². The summed E-state index contributed by atoms with van der Waals surface area (Å²) < 4.78 is 6.83. The average molecular weight is 304 g/mol. The van der Waals surface area contributed by atoms with Crippen LogP contribution in [0.25, 0.3) is 0 Å². The maximum atomic E-state index is 12.2. The number of benzene rings is 1. The van der Waals surface area contributed by atoms with Crippen LogP contribution in [0.15, 0.2) is 33.9 Å². The zero-order valence-electron chi connectivity index (χ0n) is 12.2. The number of esters is 1. The number of carbonyl (C=O) groups excluding carboxylic acids is 1. The summed E-state index contributed by atoms with van der Waals surface area (Å²) >= 11 is 0. The molecule has 1 aromatic carbocycles. The monoisotopic (exact) mass is 304 g/mol. The lowest BCUT2D eigenvalue weighted by molar-refractivity contribution is -0.131. The van der Waals surface area contributed by atoms with E-state index in [-0.39, 0.29) is 18.1 Å². The van der Waals surface area contributed by atoms with Crippen molar-refractivity contribution in [3.8, 4) is 5.75 Å². The van der Waals surface area contributed by atoms with E-state index in [4.69, 9.17) is 16.2 Å². The Morgan fingerprint density at radius 3 is 2.32 bits per heavy atom. The van der Waals surface area contributed by atoms with Gasteiger partial charge in [-0.1, -0.05) is 12.1 Å². The maximum Gasteiger partial charge on any atom is 0.332 e. The first-order chi connectivity index (χ1) is 10.3. The zero-order valence-corrected chi connectivity index (χ0v) is 12.2. The highest BCUT2D eigenvalue weighted by atomic mass is 16.5. The lowest BCUT2D eigenvalue weighted by Gasteiger charge is -2.14. The van der Waals surface area contributed by atoms with Gasteiger partial charge in [-0.25, -0.2) is 4.79 Å². The molecule has 0 amide bonds. The minimum Gasteiger partial charge on any atom is -0.417 e. The summed E-state index contributed by atoms with van der Waals surface area (Å²) in [5, 5.41) is 0. The van der Waals surface area contributed by atoms with Gasteiger partial charge in [0.1, 0.15) is 0 Å². The molecule has 0 aliphatic carbocycles. The molecule has 4 N–H and O–H groups in total. The fourth-order valence-electron chi connectivity index (χ4n) is 1.95. The first-order valence-electron chi connectivity index (χ1n) is 6.43. The maximum absolute atomic E-state index is 12.2. The van der Waals surface area contributed by atoms with Crippen LogP contribution in [0, 0.1) is 0 Å². The minimum absolute atomic E-state index is 0.118. The molecule has 0 saturated heterocycles. The van der Waals surface area contributed by atoms with Crippen LogP contribution in [0.3, 0.4) is 0 Å². The van der Waals surface area contributed by atoms with Gasteiger partial charge in [0.2, 0.25) is 5.75 Å². The lowest BCUT2D eigenvalue weighted by atomic mass is 10.2. The Morgan fingerprint density at radius 2 is 1.77 bits per heavy atom. The summed E-state index contributed by atoms with van der Waals surface area (Å²) in [6, 6.07) is 6.84. The van der Waals surface area contributed by atoms with Crippen LogP contribution >= 0.6 is 0 Å². The van der Waals surface area contributed by atoms with Gasteiger partial charge in [0.15, 0.2) is 5.82 Å². The number of anilines is 2. The number of hydrogen-bond donors (Lipinski definition) is 2. The van der Waals surface area contributed by atoms with E-state index in [0.717, 1.165) is 21.6 Å². The second-order valence-electron chi connectivity index (χ2n) is 4.78. The Balaban J connectivity index is 2.57. The first-order valence-corrected chi connectivity index (χ1v) is 6.43. The molecule has 22 heavy (non-hydrogen) atoms. The van der Waals surface area contributed by atoms with Gasteiger partial charge < -0.3 is 16.2 Å². The fourth-order valence-corrected chi connectivity index (χ4v) is 1.95. The molecule has 0 unspecified atom stereocenters. The second kappa shape index (κ2) is 5.76. The normalized spacial score (nSPS) is 10.5. The van der Waals surface area contributed by atoms with E-state index in [1.807, 2.05) is 0 Å². The van der Waals surface area contributed by atoms with Crippen LogP contribution < -0.4 is 27.5 Å². The quantitative estimate of drug-likeness (QED) is 0.592. The number of aromatic nitrogens is 2. The van der Waals surface area contributed by atoms with Crippen molar-refractivity contribution in [1.82, 2.24) is 9.13 Å². The largest absolute Gasteiger partial charge is 0.417 e. The molecule has 116 valence electrons. The summed E-state index contributed by atoms with van der Waals surface area (Å²) in [4.78, 5) is 35.3. The number of nitrogen functional groups attached to an aromatic ring is 2. The van der Waals surface area contributed by atoms with E-state index in [2.05, 4.69) is 0 Å². The van der Waals surface area contributed by atoms with Crippen molar-refractivity contribution in [2.45, 2.75) is 13.5 Å². The number of rotatable bonds is 3. The van der Waals surface area contributed by atoms with Crippen molar-refractivity contribution < 1.29 is 9.53 Å². The van der Waals surface area contributed by atoms with E-state index in [1.54, 1.807) is 24.3 Å². The molecule has 0 atom stereocenters. The Bertz CT molecular complexity index is 834. The lowest BCUT2D eigenvalue weighted by Crippen LogP contribution is -2.40. The molecule has 0 fully saturated rings. The van der Waals surface area contributed by atoms with Crippen molar-refractivity contribution >= 4 is 17.5 Å². The second-order valence-corrected chi connectivity index (χ2v) is 4.78. The third kappa shape index (κ3) is 2.85. The zero-order chi connectivity index (χ0) is 16.4. The molecule has 8 nitrogen and oxygen atoms in total. The molecule has 2 aromatic rings. The van der Waals surface area contributed by atoms with E-state index < -0.39 is 17.2 Å². The molecule has 0 aliphatic rings. The summed E-state index contributed by atoms with van der Waals surface area (Å²) in [6.45, 7) is 1.27. The Kier molecular flexibility index (Phi) is 4.02. The van der Waals surface area contributed by atoms with Crippen LogP contribution in [0.5, 0.6) is 5.75 Å². The molecular weight excluding hydrogens is 288 g/mol. The van der Waals surface area contributed by atoms with Gasteiger partial charge in [-0.3, -0.25) is 18.7 Å². The Morgan fingerprint density at radius 1 is 1.18 bits per heavy atom. The Labute approximate surface area is 125 Å². The van der Waals surface area contributed by atoms with Crippen molar-refractivity contribution in [2.75, 3.05) is 11.5 Å². The van der Waals surface area contributed by atoms with Crippen LogP contribution in [-0.4, -0.2) is 15.1 Å². The standard InChI is InChI=1S/C14H16N4O4/c1-8(19)22-11-12(16)18(14(21)17(2)13(11)20)7-9-3-5-10(15)6-4-9/h3-6H,7,15-16H2,1-2H3. The van der Waals surface area contributed by atoms with Crippen molar-refractivity contribution in [2.24, 2.45) is 7.05 Å². The van der Waals surface area contributed by atoms with Crippen molar-refractivity contribution in [1.29, 1.82) is 0 Å². The van der Waals surface area contributed by atoms with Crippen molar-refractivity contribution in [3.63, 3.8) is 0 Å². The molecule has 1 heterocycles. The molecule has 0 bridgehead atoms. The van der Waals surface area contributed by atoms with Crippen LogP contribution in [0.4, 0.5) is 11.5 Å². The van der Waals surface area contributed by atoms with Gasteiger partial charge in [-0.15, -0.1) is 0 Å². The number of nitrogens with zero attached hydrogens (tertiary/aromatic N) is 2. The summed E-state index contributed by atoms with van der Waals surface area (Å²) in [6.07, 6.45) is 0. The van der Waals surface area contributed by atoms with E-state index >= 15 is 0 Å². The van der Waals surface area contributed by atoms with Gasteiger partial charge in [0.05, 0.1) is 6.54 Å². The molecule has 0 aliphatic heterocycles. The molecule has 1 aromatic heterocycles. The first kappa shape index (κ1) is 15.4. The van der Waals surface area contributed by atoms with E-state index in [9.17, 15) is 14.4 Å². The van der Waals surface area contributed by atoms with Crippen molar-refractivity contribution in [3.05, 3.63) is 50.7 Å². The summed E-state index contributed by atoms with van der Waals surface area (Å²) in [5.41, 5.74) is 11.4. The Hall–Kier alpha value is -3.03. The fraction of sp³-hybridized carbons (Fsp3) is 0.214. The molecule has 2 rings (SSSR count).